The predicted octanol–water partition coefficient (Wildman–Crippen LogP) is 3.81. The number of ether oxygens (including phenoxy) is 2. The number of methoxy groups -OCH3 is 1. The fourth-order valence-electron chi connectivity index (χ4n) is 2.15. The first-order chi connectivity index (χ1) is 11.9. The number of carbonyl (C=O) groups is 2. The van der Waals surface area contributed by atoms with Gasteiger partial charge in [-0.05, 0) is 43.7 Å². The Morgan fingerprint density at radius 1 is 1.28 bits per heavy atom. The predicted molar refractivity (Wildman–Crippen MR) is 97.8 cm³/mol. The van der Waals surface area contributed by atoms with Gasteiger partial charge in [0.2, 0.25) is 5.91 Å². The fraction of sp³-hybridized carbons (Fsp3) is 0.222. The molecule has 0 radical (unpaired) electrons. The van der Waals surface area contributed by atoms with Gasteiger partial charge in [-0.1, -0.05) is 6.07 Å². The minimum atomic E-state index is -1.07. The summed E-state index contributed by atoms with van der Waals surface area (Å²) in [7, 11) is 1.55. The van der Waals surface area contributed by atoms with Crippen LogP contribution in [0.2, 0.25) is 0 Å². The zero-order valence-electron chi connectivity index (χ0n) is 14.2. The number of hydrogen-bond acceptors (Lipinski definition) is 5. The second-order valence-corrected chi connectivity index (χ2v) is 6.33. The van der Waals surface area contributed by atoms with Crippen LogP contribution in [0.5, 0.6) is 11.5 Å². The maximum Gasteiger partial charge on any atom is 0.338 e. The Bertz CT molecular complexity index is 810. The number of anilines is 1. The average molecular weight is 361 g/mol. The average Bonchev–Trinajstić information content (AvgIpc) is 2.94. The molecule has 2 aromatic rings. The highest BCUT2D eigenvalue weighted by atomic mass is 32.1. The Hall–Kier alpha value is -2.80. The number of nitrogens with one attached hydrogen (secondary N) is 1. The lowest BCUT2D eigenvalue weighted by atomic mass is 10.2. The van der Waals surface area contributed by atoms with Crippen molar-refractivity contribution < 1.29 is 24.2 Å². The van der Waals surface area contributed by atoms with Gasteiger partial charge in [-0.2, -0.15) is 0 Å². The number of benzene rings is 1. The van der Waals surface area contributed by atoms with Crippen LogP contribution in [-0.2, 0) is 4.79 Å². The van der Waals surface area contributed by atoms with E-state index in [0.29, 0.717) is 23.1 Å². The van der Waals surface area contributed by atoms with Crippen molar-refractivity contribution in [3.8, 4) is 11.5 Å². The summed E-state index contributed by atoms with van der Waals surface area (Å²) in [5, 5.41) is 12.1. The van der Waals surface area contributed by atoms with E-state index in [2.05, 4.69) is 5.32 Å². The number of rotatable bonds is 7. The molecule has 0 bridgehead atoms. The molecule has 0 saturated carbocycles. The van der Waals surface area contributed by atoms with Crippen molar-refractivity contribution in [1.29, 1.82) is 0 Å². The Labute approximate surface area is 149 Å². The summed E-state index contributed by atoms with van der Waals surface area (Å²) in [6.45, 7) is 4.20. The third kappa shape index (κ3) is 4.84. The maximum absolute atomic E-state index is 12.1. The molecule has 1 amide bonds. The minimum Gasteiger partial charge on any atom is -0.493 e. The molecule has 2 rings (SSSR count). The highest BCUT2D eigenvalue weighted by Crippen LogP contribution is 2.29. The SMILES string of the molecule is CCOc1ccc(/C=C/C(=O)Nc2sc(C)cc2C(=O)O)cc1OC. The van der Waals surface area contributed by atoms with Gasteiger partial charge >= 0.3 is 5.97 Å². The normalized spacial score (nSPS) is 10.7. The quantitative estimate of drug-likeness (QED) is 0.733. The molecular formula is C18H19NO5S. The van der Waals surface area contributed by atoms with Gasteiger partial charge in [-0.15, -0.1) is 11.3 Å². The van der Waals surface area contributed by atoms with Crippen molar-refractivity contribution >= 4 is 34.3 Å². The van der Waals surface area contributed by atoms with E-state index in [0.717, 1.165) is 10.4 Å². The van der Waals surface area contributed by atoms with Crippen molar-refractivity contribution in [3.63, 3.8) is 0 Å². The number of carbonyl (C=O) groups excluding carboxylic acids is 1. The summed E-state index contributed by atoms with van der Waals surface area (Å²) < 4.78 is 10.7. The summed E-state index contributed by atoms with van der Waals surface area (Å²) in [4.78, 5) is 24.0. The Kier molecular flexibility index (Phi) is 6.19. The first-order valence-corrected chi connectivity index (χ1v) is 8.39. The molecule has 132 valence electrons. The molecule has 0 atom stereocenters. The van der Waals surface area contributed by atoms with Crippen LogP contribution in [0, 0.1) is 6.92 Å². The molecule has 0 aliphatic rings. The fourth-order valence-corrected chi connectivity index (χ4v) is 3.06. The molecule has 0 aliphatic carbocycles. The number of thiophene rings is 1. The van der Waals surface area contributed by atoms with Crippen LogP contribution in [0.3, 0.4) is 0 Å². The smallest absolute Gasteiger partial charge is 0.338 e. The lowest BCUT2D eigenvalue weighted by molar-refractivity contribution is -0.111. The molecule has 1 aromatic carbocycles. The van der Waals surface area contributed by atoms with E-state index in [4.69, 9.17) is 14.6 Å². The topological polar surface area (TPSA) is 84.9 Å². The monoisotopic (exact) mass is 361 g/mol. The molecule has 1 heterocycles. The van der Waals surface area contributed by atoms with Gasteiger partial charge in [0.1, 0.15) is 5.00 Å². The van der Waals surface area contributed by atoms with Crippen molar-refractivity contribution in [2.75, 3.05) is 19.0 Å². The second kappa shape index (κ2) is 8.34. The lowest BCUT2D eigenvalue weighted by Crippen LogP contribution is -2.09. The van der Waals surface area contributed by atoms with Crippen LogP contribution < -0.4 is 14.8 Å². The van der Waals surface area contributed by atoms with Gasteiger partial charge in [0.25, 0.3) is 0 Å². The number of hydrogen-bond donors (Lipinski definition) is 2. The van der Waals surface area contributed by atoms with Crippen LogP contribution in [0.1, 0.15) is 27.7 Å². The number of aryl methyl sites for hydroxylation is 1. The highest BCUT2D eigenvalue weighted by Gasteiger charge is 2.15. The molecule has 0 unspecified atom stereocenters. The molecule has 7 heteroatoms. The van der Waals surface area contributed by atoms with E-state index in [-0.39, 0.29) is 5.56 Å². The molecule has 0 spiro atoms. The van der Waals surface area contributed by atoms with Crippen molar-refractivity contribution in [2.24, 2.45) is 0 Å². The molecule has 6 nitrogen and oxygen atoms in total. The Morgan fingerprint density at radius 2 is 2.04 bits per heavy atom. The highest BCUT2D eigenvalue weighted by molar-refractivity contribution is 7.16. The molecule has 25 heavy (non-hydrogen) atoms. The largest absolute Gasteiger partial charge is 0.493 e. The van der Waals surface area contributed by atoms with Crippen molar-refractivity contribution in [2.45, 2.75) is 13.8 Å². The molecule has 0 fully saturated rings. The zero-order chi connectivity index (χ0) is 18.4. The summed E-state index contributed by atoms with van der Waals surface area (Å²) in [5.41, 5.74) is 0.850. The molecule has 0 aliphatic heterocycles. The van der Waals surface area contributed by atoms with Gasteiger partial charge in [0, 0.05) is 11.0 Å². The van der Waals surface area contributed by atoms with Crippen LogP contribution in [0.25, 0.3) is 6.08 Å². The van der Waals surface area contributed by atoms with Gasteiger partial charge in [0.15, 0.2) is 11.5 Å². The second-order valence-electron chi connectivity index (χ2n) is 5.07. The van der Waals surface area contributed by atoms with Crippen molar-refractivity contribution in [1.82, 2.24) is 0 Å². The number of carboxylic acids is 1. The van der Waals surface area contributed by atoms with Crippen LogP contribution >= 0.6 is 11.3 Å². The molecule has 2 N–H and O–H groups in total. The Balaban J connectivity index is 2.11. The first-order valence-electron chi connectivity index (χ1n) is 7.58. The van der Waals surface area contributed by atoms with E-state index in [1.54, 1.807) is 38.3 Å². The van der Waals surface area contributed by atoms with Crippen molar-refractivity contribution in [3.05, 3.63) is 46.3 Å². The minimum absolute atomic E-state index is 0.0898. The van der Waals surface area contributed by atoms with E-state index >= 15 is 0 Å². The van der Waals surface area contributed by atoms with E-state index in [1.165, 1.54) is 23.5 Å². The molecular weight excluding hydrogens is 342 g/mol. The number of carboxylic acid groups (broad SMARTS) is 1. The number of aromatic carboxylic acids is 1. The summed E-state index contributed by atoms with van der Waals surface area (Å²) in [5.74, 6) is -0.268. The molecule has 0 saturated heterocycles. The van der Waals surface area contributed by atoms with Crippen LogP contribution in [0.15, 0.2) is 30.3 Å². The standard InChI is InChI=1S/C18H19NO5S/c1-4-24-14-7-5-12(10-15(14)23-3)6-8-16(20)19-17-13(18(21)22)9-11(2)25-17/h5-10H,4H2,1-3H3,(H,19,20)(H,21,22)/b8-6+. The van der Waals surface area contributed by atoms with Gasteiger partial charge in [-0.25, -0.2) is 4.79 Å². The third-order valence-electron chi connectivity index (χ3n) is 3.24. The molecule has 1 aromatic heterocycles. The summed E-state index contributed by atoms with van der Waals surface area (Å²) >= 11 is 1.22. The van der Waals surface area contributed by atoms with E-state index < -0.39 is 11.9 Å². The number of amides is 1. The van der Waals surface area contributed by atoms with E-state index in [1.807, 2.05) is 6.92 Å². The Morgan fingerprint density at radius 3 is 2.68 bits per heavy atom. The lowest BCUT2D eigenvalue weighted by Gasteiger charge is -2.09. The van der Waals surface area contributed by atoms with Gasteiger partial charge < -0.3 is 19.9 Å². The van der Waals surface area contributed by atoms with Crippen LogP contribution in [-0.4, -0.2) is 30.7 Å². The van der Waals surface area contributed by atoms with Crippen LogP contribution in [0.4, 0.5) is 5.00 Å². The first kappa shape index (κ1) is 18.5. The summed E-state index contributed by atoms with van der Waals surface area (Å²) in [6.07, 6.45) is 2.96. The summed E-state index contributed by atoms with van der Waals surface area (Å²) in [6, 6.07) is 6.86. The van der Waals surface area contributed by atoms with Gasteiger partial charge in [-0.3, -0.25) is 4.79 Å². The maximum atomic E-state index is 12.1. The van der Waals surface area contributed by atoms with E-state index in [9.17, 15) is 9.59 Å². The third-order valence-corrected chi connectivity index (χ3v) is 4.20. The zero-order valence-corrected chi connectivity index (χ0v) is 15.0. The van der Waals surface area contributed by atoms with Gasteiger partial charge in [0.05, 0.1) is 19.3 Å².